The van der Waals surface area contributed by atoms with E-state index in [-0.39, 0.29) is 17.2 Å². The van der Waals surface area contributed by atoms with E-state index in [1.165, 1.54) is 0 Å². The van der Waals surface area contributed by atoms with Crippen molar-refractivity contribution >= 4 is 21.6 Å². The van der Waals surface area contributed by atoms with E-state index in [0.29, 0.717) is 6.61 Å². The van der Waals surface area contributed by atoms with Crippen LogP contribution >= 0.6 is 15.9 Å². The molecule has 0 unspecified atom stereocenters. The molecule has 1 spiro atoms. The summed E-state index contributed by atoms with van der Waals surface area (Å²) in [5, 5.41) is 0. The Morgan fingerprint density at radius 3 is 3.06 bits per heavy atom. The molecule has 1 saturated carbocycles. The highest BCUT2D eigenvalue weighted by Crippen LogP contribution is 2.47. The summed E-state index contributed by atoms with van der Waals surface area (Å²) in [5.41, 5.74) is 0.715. The molecular weight excluding hydrogens is 284 g/mol. The number of anilines is 1. The molecule has 1 aliphatic heterocycles. The molecule has 2 aliphatic rings. The Morgan fingerprint density at radius 2 is 2.35 bits per heavy atom. The first-order valence-corrected chi connectivity index (χ1v) is 6.70. The SMILES string of the molecule is C[C@@H]1N(c2cc(Br)c[nH]c2=O)CCOC12CC2. The first-order chi connectivity index (χ1) is 8.12. The minimum Gasteiger partial charge on any atom is -0.371 e. The Balaban J connectivity index is 1.97. The van der Waals surface area contributed by atoms with Crippen molar-refractivity contribution in [1.82, 2.24) is 4.98 Å². The summed E-state index contributed by atoms with van der Waals surface area (Å²) in [5.74, 6) is 0. The van der Waals surface area contributed by atoms with Gasteiger partial charge < -0.3 is 14.6 Å². The van der Waals surface area contributed by atoms with Gasteiger partial charge in [0, 0.05) is 17.2 Å². The van der Waals surface area contributed by atoms with Crippen LogP contribution in [0.4, 0.5) is 5.69 Å². The van der Waals surface area contributed by atoms with Crippen LogP contribution in [0.1, 0.15) is 19.8 Å². The average Bonchev–Trinajstić information content (AvgIpc) is 3.07. The molecule has 0 amide bonds. The van der Waals surface area contributed by atoms with Crippen molar-refractivity contribution in [2.45, 2.75) is 31.4 Å². The molecule has 4 nitrogen and oxygen atoms in total. The van der Waals surface area contributed by atoms with Gasteiger partial charge in [-0.25, -0.2) is 0 Å². The van der Waals surface area contributed by atoms with E-state index in [2.05, 4.69) is 32.7 Å². The minimum absolute atomic E-state index is 0.00695. The van der Waals surface area contributed by atoms with E-state index in [4.69, 9.17) is 4.74 Å². The number of pyridine rings is 1. The topological polar surface area (TPSA) is 45.3 Å². The quantitative estimate of drug-likeness (QED) is 0.861. The summed E-state index contributed by atoms with van der Waals surface area (Å²) < 4.78 is 6.74. The lowest BCUT2D eigenvalue weighted by atomic mass is 10.1. The number of rotatable bonds is 1. The van der Waals surface area contributed by atoms with E-state index in [1.807, 2.05) is 6.07 Å². The van der Waals surface area contributed by atoms with Crippen LogP contribution < -0.4 is 10.5 Å². The van der Waals surface area contributed by atoms with Gasteiger partial charge in [-0.3, -0.25) is 4.79 Å². The summed E-state index contributed by atoms with van der Waals surface area (Å²) >= 11 is 3.40. The molecule has 1 N–H and O–H groups in total. The third-order valence-electron chi connectivity index (χ3n) is 3.85. The maximum atomic E-state index is 11.9. The van der Waals surface area contributed by atoms with E-state index in [1.54, 1.807) is 6.20 Å². The van der Waals surface area contributed by atoms with Crippen LogP contribution in [0.25, 0.3) is 0 Å². The summed E-state index contributed by atoms with van der Waals surface area (Å²) in [6.45, 7) is 3.63. The third-order valence-corrected chi connectivity index (χ3v) is 4.31. The van der Waals surface area contributed by atoms with E-state index in [9.17, 15) is 4.79 Å². The van der Waals surface area contributed by atoms with Crippen molar-refractivity contribution in [2.75, 3.05) is 18.1 Å². The number of ether oxygens (including phenoxy) is 1. The molecule has 92 valence electrons. The molecule has 17 heavy (non-hydrogen) atoms. The number of aromatic nitrogens is 1. The molecule has 2 fully saturated rings. The Kier molecular flexibility index (Phi) is 2.56. The van der Waals surface area contributed by atoms with Crippen LogP contribution in [-0.2, 0) is 4.74 Å². The van der Waals surface area contributed by atoms with Gasteiger partial charge in [-0.15, -0.1) is 0 Å². The van der Waals surface area contributed by atoms with Crippen LogP contribution in [0.5, 0.6) is 0 Å². The Morgan fingerprint density at radius 1 is 1.59 bits per heavy atom. The van der Waals surface area contributed by atoms with Gasteiger partial charge in [0.25, 0.3) is 5.56 Å². The largest absolute Gasteiger partial charge is 0.371 e. The standard InChI is InChI=1S/C12H15BrN2O2/c1-8-12(2-3-12)17-5-4-15(8)10-6-9(13)7-14-11(10)16/h6-8H,2-5H2,1H3,(H,14,16)/t8-/m0/s1. The zero-order valence-corrected chi connectivity index (χ0v) is 11.3. The zero-order valence-electron chi connectivity index (χ0n) is 9.70. The van der Waals surface area contributed by atoms with E-state index in [0.717, 1.165) is 29.5 Å². The number of H-pyrrole nitrogens is 1. The fraction of sp³-hybridized carbons (Fsp3) is 0.583. The number of nitrogens with zero attached hydrogens (tertiary/aromatic N) is 1. The summed E-state index contributed by atoms with van der Waals surface area (Å²) in [4.78, 5) is 16.8. The Bertz CT molecular complexity index is 496. The van der Waals surface area contributed by atoms with Crippen molar-refractivity contribution in [3.63, 3.8) is 0 Å². The predicted octanol–water partition coefficient (Wildman–Crippen LogP) is 1.90. The Hall–Kier alpha value is -0.810. The van der Waals surface area contributed by atoms with Crippen molar-refractivity contribution in [2.24, 2.45) is 0 Å². The Labute approximate surface area is 108 Å². The fourth-order valence-electron chi connectivity index (χ4n) is 2.62. The van der Waals surface area contributed by atoms with Crippen LogP contribution in [0, 0.1) is 0 Å². The predicted molar refractivity (Wildman–Crippen MR) is 69.5 cm³/mol. The van der Waals surface area contributed by atoms with Gasteiger partial charge in [-0.05, 0) is 41.8 Å². The number of hydrogen-bond acceptors (Lipinski definition) is 3. The maximum absolute atomic E-state index is 11.9. The first-order valence-electron chi connectivity index (χ1n) is 5.91. The van der Waals surface area contributed by atoms with Crippen molar-refractivity contribution in [3.8, 4) is 0 Å². The van der Waals surface area contributed by atoms with Gasteiger partial charge in [-0.1, -0.05) is 0 Å². The highest BCUT2D eigenvalue weighted by molar-refractivity contribution is 9.10. The lowest BCUT2D eigenvalue weighted by Crippen LogP contribution is -2.52. The minimum atomic E-state index is -0.0299. The van der Waals surface area contributed by atoms with Crippen LogP contribution in [0.3, 0.4) is 0 Å². The molecule has 0 aromatic carbocycles. The van der Waals surface area contributed by atoms with Gasteiger partial charge in [0.1, 0.15) is 5.69 Å². The smallest absolute Gasteiger partial charge is 0.271 e. The molecule has 1 aromatic rings. The van der Waals surface area contributed by atoms with E-state index < -0.39 is 0 Å². The second-order valence-corrected chi connectivity index (χ2v) is 5.73. The van der Waals surface area contributed by atoms with Crippen molar-refractivity contribution in [3.05, 3.63) is 27.1 Å². The average molecular weight is 299 g/mol. The lowest BCUT2D eigenvalue weighted by molar-refractivity contribution is -0.00488. The number of aromatic amines is 1. The molecule has 5 heteroatoms. The van der Waals surface area contributed by atoms with E-state index >= 15 is 0 Å². The number of halogens is 1. The monoisotopic (exact) mass is 298 g/mol. The summed E-state index contributed by atoms with van der Waals surface area (Å²) in [6.07, 6.45) is 3.89. The van der Waals surface area contributed by atoms with Gasteiger partial charge in [0.2, 0.25) is 0 Å². The van der Waals surface area contributed by atoms with Gasteiger partial charge in [0.05, 0.1) is 18.2 Å². The number of morpholine rings is 1. The van der Waals surface area contributed by atoms with Crippen molar-refractivity contribution < 1.29 is 4.74 Å². The highest BCUT2D eigenvalue weighted by atomic mass is 79.9. The first kappa shape index (κ1) is 11.3. The zero-order chi connectivity index (χ0) is 12.0. The van der Waals surface area contributed by atoms with Crippen LogP contribution in [0.2, 0.25) is 0 Å². The molecular formula is C12H15BrN2O2. The van der Waals surface area contributed by atoms with Crippen molar-refractivity contribution in [1.29, 1.82) is 0 Å². The molecule has 3 rings (SSSR count). The van der Waals surface area contributed by atoms with Crippen LogP contribution in [-0.4, -0.2) is 29.8 Å². The molecule has 1 aliphatic carbocycles. The van der Waals surface area contributed by atoms with Gasteiger partial charge >= 0.3 is 0 Å². The molecule has 0 bridgehead atoms. The van der Waals surface area contributed by atoms with Gasteiger partial charge in [0.15, 0.2) is 0 Å². The molecule has 1 saturated heterocycles. The maximum Gasteiger partial charge on any atom is 0.271 e. The molecule has 1 atom stereocenters. The summed E-state index contributed by atoms with van der Waals surface area (Å²) in [7, 11) is 0. The highest BCUT2D eigenvalue weighted by Gasteiger charge is 2.53. The number of nitrogens with one attached hydrogen (secondary N) is 1. The number of hydrogen-bond donors (Lipinski definition) is 1. The fourth-order valence-corrected chi connectivity index (χ4v) is 2.95. The normalized spacial score (nSPS) is 26.2. The third kappa shape index (κ3) is 1.81. The van der Waals surface area contributed by atoms with Crippen LogP contribution in [0.15, 0.2) is 21.5 Å². The summed E-state index contributed by atoms with van der Waals surface area (Å²) in [6, 6.07) is 2.16. The van der Waals surface area contributed by atoms with Gasteiger partial charge in [-0.2, -0.15) is 0 Å². The second-order valence-electron chi connectivity index (χ2n) is 4.81. The molecule has 2 heterocycles. The molecule has 1 aromatic heterocycles. The molecule has 0 radical (unpaired) electrons. The second kappa shape index (κ2) is 3.85. The lowest BCUT2D eigenvalue weighted by Gasteiger charge is -2.40.